The number of hydrogen-bond acceptors (Lipinski definition) is 5. The van der Waals surface area contributed by atoms with E-state index in [4.69, 9.17) is 11.5 Å². The van der Waals surface area contributed by atoms with E-state index in [1.54, 1.807) is 48.5 Å². The van der Waals surface area contributed by atoms with Crippen LogP contribution in [0.15, 0.2) is 91.0 Å². The van der Waals surface area contributed by atoms with Gasteiger partial charge in [0.25, 0.3) is 11.8 Å². The van der Waals surface area contributed by atoms with Gasteiger partial charge in [0, 0.05) is 39.6 Å². The van der Waals surface area contributed by atoms with Gasteiger partial charge in [0.1, 0.15) is 0 Å². The molecule has 7 N–H and O–H groups in total. The molecule has 2 atom stereocenters. The lowest BCUT2D eigenvalue weighted by molar-refractivity contribution is 0.101. The topological polar surface area (TPSA) is 122 Å². The predicted octanol–water partition coefficient (Wildman–Crippen LogP) is 6.86. The first-order chi connectivity index (χ1) is 18.7. The SMILES string of the molecule is CCC(C)C(Nc1ccc(NC(=O)c2ccc(N)cc2)cc1C)c1ccc(NC(=O)c2ccc(N)cc2)cc1. The highest BCUT2D eigenvalue weighted by atomic mass is 16.2. The van der Waals surface area contributed by atoms with Gasteiger partial charge in [-0.1, -0.05) is 32.4 Å². The molecule has 0 saturated heterocycles. The number of amides is 2. The molecule has 0 fully saturated rings. The molecule has 0 aromatic heterocycles. The van der Waals surface area contributed by atoms with E-state index in [0.717, 1.165) is 34.6 Å². The molecule has 0 bridgehead atoms. The van der Waals surface area contributed by atoms with E-state index in [1.807, 2.05) is 49.4 Å². The maximum Gasteiger partial charge on any atom is 0.255 e. The minimum absolute atomic E-state index is 0.0609. The first kappa shape index (κ1) is 27.3. The predicted molar refractivity (Wildman–Crippen MR) is 161 cm³/mol. The molecular weight excluding hydrogens is 486 g/mol. The van der Waals surface area contributed by atoms with Crippen LogP contribution in [-0.2, 0) is 0 Å². The second kappa shape index (κ2) is 12.2. The van der Waals surface area contributed by atoms with Crippen LogP contribution < -0.4 is 27.4 Å². The Balaban J connectivity index is 1.45. The van der Waals surface area contributed by atoms with Gasteiger partial charge in [-0.3, -0.25) is 9.59 Å². The van der Waals surface area contributed by atoms with Crippen molar-refractivity contribution in [3.63, 3.8) is 0 Å². The molecule has 0 aliphatic carbocycles. The summed E-state index contributed by atoms with van der Waals surface area (Å²) in [5.41, 5.74) is 18.4. The molecular formula is C32H35N5O2. The zero-order valence-corrected chi connectivity index (χ0v) is 22.5. The minimum Gasteiger partial charge on any atom is -0.399 e. The molecule has 200 valence electrons. The van der Waals surface area contributed by atoms with E-state index in [9.17, 15) is 9.59 Å². The summed E-state index contributed by atoms with van der Waals surface area (Å²) in [5, 5.41) is 9.59. The number of carbonyl (C=O) groups excluding carboxylic acids is 2. The summed E-state index contributed by atoms with van der Waals surface area (Å²) in [5.74, 6) is -0.0146. The van der Waals surface area contributed by atoms with Crippen LogP contribution in [-0.4, -0.2) is 11.8 Å². The van der Waals surface area contributed by atoms with Crippen LogP contribution in [0, 0.1) is 12.8 Å². The van der Waals surface area contributed by atoms with Gasteiger partial charge in [0.05, 0.1) is 6.04 Å². The zero-order chi connectivity index (χ0) is 27.9. The van der Waals surface area contributed by atoms with Crippen LogP contribution in [0.4, 0.5) is 28.4 Å². The highest BCUT2D eigenvalue weighted by Crippen LogP contribution is 2.32. The van der Waals surface area contributed by atoms with Crippen molar-refractivity contribution in [2.45, 2.75) is 33.2 Å². The van der Waals surface area contributed by atoms with Gasteiger partial charge in [-0.25, -0.2) is 0 Å². The molecule has 2 unspecified atom stereocenters. The lowest BCUT2D eigenvalue weighted by atomic mass is 9.91. The number of aryl methyl sites for hydroxylation is 1. The molecule has 0 spiro atoms. The van der Waals surface area contributed by atoms with Crippen molar-refractivity contribution in [1.29, 1.82) is 0 Å². The Morgan fingerprint density at radius 2 is 1.21 bits per heavy atom. The Morgan fingerprint density at radius 1 is 0.718 bits per heavy atom. The Bertz CT molecular complexity index is 1430. The van der Waals surface area contributed by atoms with Gasteiger partial charge in [-0.2, -0.15) is 0 Å². The third-order valence-electron chi connectivity index (χ3n) is 6.88. The number of rotatable bonds is 9. The summed E-state index contributed by atoms with van der Waals surface area (Å²) in [6.45, 7) is 6.40. The van der Waals surface area contributed by atoms with Crippen molar-refractivity contribution in [1.82, 2.24) is 0 Å². The van der Waals surface area contributed by atoms with Crippen LogP contribution in [0.25, 0.3) is 0 Å². The average molecular weight is 522 g/mol. The van der Waals surface area contributed by atoms with Gasteiger partial charge >= 0.3 is 0 Å². The van der Waals surface area contributed by atoms with Gasteiger partial charge in [-0.15, -0.1) is 0 Å². The van der Waals surface area contributed by atoms with E-state index in [1.165, 1.54) is 0 Å². The van der Waals surface area contributed by atoms with E-state index >= 15 is 0 Å². The Labute approximate surface area is 229 Å². The van der Waals surface area contributed by atoms with E-state index in [0.29, 0.717) is 28.4 Å². The Morgan fingerprint density at radius 3 is 1.69 bits per heavy atom. The third-order valence-corrected chi connectivity index (χ3v) is 6.88. The zero-order valence-electron chi connectivity index (χ0n) is 22.5. The fourth-order valence-corrected chi connectivity index (χ4v) is 4.31. The third kappa shape index (κ3) is 6.96. The minimum atomic E-state index is -0.184. The van der Waals surface area contributed by atoms with Crippen molar-refractivity contribution in [3.8, 4) is 0 Å². The molecule has 0 aliphatic heterocycles. The van der Waals surface area contributed by atoms with Crippen molar-refractivity contribution in [2.75, 3.05) is 27.4 Å². The number of benzene rings is 4. The number of nitrogens with one attached hydrogen (secondary N) is 3. The van der Waals surface area contributed by atoms with Gasteiger partial charge in [0.15, 0.2) is 0 Å². The largest absolute Gasteiger partial charge is 0.399 e. The summed E-state index contributed by atoms with van der Waals surface area (Å²) in [6, 6.07) is 27.5. The molecule has 4 rings (SSSR count). The monoisotopic (exact) mass is 521 g/mol. The average Bonchev–Trinajstić information content (AvgIpc) is 2.93. The second-order valence-corrected chi connectivity index (χ2v) is 9.81. The summed E-state index contributed by atoms with van der Waals surface area (Å²) >= 11 is 0. The molecule has 4 aromatic carbocycles. The first-order valence-electron chi connectivity index (χ1n) is 13.0. The summed E-state index contributed by atoms with van der Waals surface area (Å²) < 4.78 is 0. The van der Waals surface area contributed by atoms with Crippen LogP contribution in [0.1, 0.15) is 58.2 Å². The van der Waals surface area contributed by atoms with Crippen molar-refractivity contribution in [2.24, 2.45) is 5.92 Å². The summed E-state index contributed by atoms with van der Waals surface area (Å²) in [7, 11) is 0. The number of anilines is 5. The molecule has 39 heavy (non-hydrogen) atoms. The summed E-state index contributed by atoms with van der Waals surface area (Å²) in [4.78, 5) is 25.2. The van der Waals surface area contributed by atoms with Crippen LogP contribution in [0.5, 0.6) is 0 Å². The normalized spacial score (nSPS) is 12.3. The van der Waals surface area contributed by atoms with Gasteiger partial charge < -0.3 is 27.4 Å². The lowest BCUT2D eigenvalue weighted by Crippen LogP contribution is -2.19. The molecule has 0 saturated carbocycles. The van der Waals surface area contributed by atoms with Crippen molar-refractivity contribution >= 4 is 40.3 Å². The number of nitrogens with two attached hydrogens (primary N) is 2. The highest BCUT2D eigenvalue weighted by Gasteiger charge is 2.19. The van der Waals surface area contributed by atoms with E-state index in [-0.39, 0.29) is 17.9 Å². The molecule has 7 nitrogen and oxygen atoms in total. The highest BCUT2D eigenvalue weighted by molar-refractivity contribution is 6.05. The smallest absolute Gasteiger partial charge is 0.255 e. The van der Waals surface area contributed by atoms with E-state index < -0.39 is 0 Å². The second-order valence-electron chi connectivity index (χ2n) is 9.81. The standard InChI is InChI=1S/C32H35N5O2/c1-4-20(2)30(22-9-15-27(16-10-22)35-31(38)23-5-11-25(33)12-6-23)37-29-18-17-28(19-21(29)3)36-32(39)24-7-13-26(34)14-8-24/h5-20,30,37H,4,33-34H2,1-3H3,(H,35,38)(H,36,39). The summed E-state index contributed by atoms with van der Waals surface area (Å²) in [6.07, 6.45) is 0.988. The maximum absolute atomic E-state index is 12.6. The lowest BCUT2D eigenvalue weighted by Gasteiger charge is -2.27. The molecule has 2 amide bonds. The van der Waals surface area contributed by atoms with E-state index in [2.05, 4.69) is 29.8 Å². The number of hydrogen-bond donors (Lipinski definition) is 5. The van der Waals surface area contributed by atoms with Crippen molar-refractivity contribution < 1.29 is 9.59 Å². The Hall–Kier alpha value is -4.78. The fraction of sp³-hybridized carbons (Fsp3) is 0.188. The van der Waals surface area contributed by atoms with Crippen LogP contribution >= 0.6 is 0 Å². The van der Waals surface area contributed by atoms with Gasteiger partial charge in [0.2, 0.25) is 0 Å². The number of carbonyl (C=O) groups is 2. The number of nitrogen functional groups attached to an aromatic ring is 2. The van der Waals surface area contributed by atoms with Crippen LogP contribution in [0.3, 0.4) is 0 Å². The quantitative estimate of drug-likeness (QED) is 0.154. The fourth-order valence-electron chi connectivity index (χ4n) is 4.31. The Kier molecular flexibility index (Phi) is 8.51. The van der Waals surface area contributed by atoms with Gasteiger partial charge in [-0.05, 0) is 103 Å². The molecule has 7 heteroatoms. The van der Waals surface area contributed by atoms with Crippen LogP contribution in [0.2, 0.25) is 0 Å². The molecule has 0 heterocycles. The molecule has 4 aromatic rings. The maximum atomic E-state index is 12.6. The first-order valence-corrected chi connectivity index (χ1v) is 13.0. The van der Waals surface area contributed by atoms with Crippen molar-refractivity contribution in [3.05, 3.63) is 113 Å². The molecule has 0 aliphatic rings. The molecule has 0 radical (unpaired) electrons.